The van der Waals surface area contributed by atoms with E-state index in [1.165, 1.54) is 0 Å². The number of nitrogens with zero attached hydrogens (tertiary/aromatic N) is 4. The summed E-state index contributed by atoms with van der Waals surface area (Å²) in [6.07, 6.45) is 6.24. The van der Waals surface area contributed by atoms with Crippen LogP contribution in [-0.4, -0.2) is 46.7 Å². The van der Waals surface area contributed by atoms with Gasteiger partial charge in [-0.15, -0.1) is 0 Å². The SMILES string of the molecule is CN=C(NCc1ccccc1-n1cccn1)N1CCCC(CC(N)=O)C1. The van der Waals surface area contributed by atoms with Crippen molar-refractivity contribution in [1.29, 1.82) is 0 Å². The van der Waals surface area contributed by atoms with E-state index in [1.807, 2.05) is 29.1 Å². The third-order valence-electron chi connectivity index (χ3n) is 4.70. The Bertz CT molecular complexity index is 755. The summed E-state index contributed by atoms with van der Waals surface area (Å²) in [6, 6.07) is 10.1. The Kier molecular flexibility index (Phi) is 5.88. The highest BCUT2D eigenvalue weighted by atomic mass is 16.1. The summed E-state index contributed by atoms with van der Waals surface area (Å²) in [5.41, 5.74) is 7.55. The van der Waals surface area contributed by atoms with Crippen LogP contribution in [0.3, 0.4) is 0 Å². The van der Waals surface area contributed by atoms with Crippen molar-refractivity contribution in [3.8, 4) is 5.69 Å². The molecule has 3 rings (SSSR count). The van der Waals surface area contributed by atoms with Crippen LogP contribution in [0.1, 0.15) is 24.8 Å². The first kappa shape index (κ1) is 18.0. The fourth-order valence-corrected chi connectivity index (χ4v) is 3.51. The second kappa shape index (κ2) is 8.51. The molecule has 26 heavy (non-hydrogen) atoms. The Labute approximate surface area is 153 Å². The number of carbonyl (C=O) groups is 1. The number of aromatic nitrogens is 2. The minimum Gasteiger partial charge on any atom is -0.370 e. The highest BCUT2D eigenvalue weighted by Gasteiger charge is 2.23. The predicted octanol–water partition coefficient (Wildman–Crippen LogP) is 1.54. The van der Waals surface area contributed by atoms with Crippen molar-refractivity contribution < 1.29 is 4.79 Å². The summed E-state index contributed by atoms with van der Waals surface area (Å²) in [5.74, 6) is 0.929. The number of nitrogens with one attached hydrogen (secondary N) is 1. The summed E-state index contributed by atoms with van der Waals surface area (Å²) in [7, 11) is 1.79. The van der Waals surface area contributed by atoms with Crippen LogP contribution in [0, 0.1) is 5.92 Å². The minimum atomic E-state index is -0.229. The van der Waals surface area contributed by atoms with Crippen molar-refractivity contribution in [3.63, 3.8) is 0 Å². The Morgan fingerprint density at radius 1 is 1.38 bits per heavy atom. The van der Waals surface area contributed by atoms with E-state index in [2.05, 4.69) is 32.4 Å². The third kappa shape index (κ3) is 4.41. The van der Waals surface area contributed by atoms with Crippen LogP contribution in [0.4, 0.5) is 0 Å². The summed E-state index contributed by atoms with van der Waals surface area (Å²) in [4.78, 5) is 17.9. The van der Waals surface area contributed by atoms with E-state index < -0.39 is 0 Å². The fourth-order valence-electron chi connectivity index (χ4n) is 3.51. The lowest BCUT2D eigenvalue weighted by Crippen LogP contribution is -2.47. The molecule has 7 nitrogen and oxygen atoms in total. The molecule has 2 aromatic rings. The summed E-state index contributed by atoms with van der Waals surface area (Å²) < 4.78 is 1.86. The number of hydrogen-bond donors (Lipinski definition) is 2. The van der Waals surface area contributed by atoms with E-state index >= 15 is 0 Å². The fraction of sp³-hybridized carbons (Fsp3) is 0.421. The summed E-state index contributed by atoms with van der Waals surface area (Å²) in [6.45, 7) is 2.40. The normalized spacial score (nSPS) is 18.0. The van der Waals surface area contributed by atoms with E-state index in [-0.39, 0.29) is 5.91 Å². The van der Waals surface area contributed by atoms with Gasteiger partial charge in [0.25, 0.3) is 0 Å². The average Bonchev–Trinajstić information content (AvgIpc) is 3.17. The number of aliphatic imine (C=N–C) groups is 1. The number of amides is 1. The predicted molar refractivity (Wildman–Crippen MR) is 102 cm³/mol. The van der Waals surface area contributed by atoms with Gasteiger partial charge in [0.15, 0.2) is 5.96 Å². The zero-order valence-electron chi connectivity index (χ0n) is 15.1. The van der Waals surface area contributed by atoms with E-state index in [0.29, 0.717) is 18.9 Å². The number of nitrogens with two attached hydrogens (primary N) is 1. The lowest BCUT2D eigenvalue weighted by atomic mass is 9.95. The van der Waals surface area contributed by atoms with Gasteiger partial charge in [0.05, 0.1) is 5.69 Å². The lowest BCUT2D eigenvalue weighted by Gasteiger charge is -2.34. The molecule has 1 aromatic carbocycles. The number of benzene rings is 1. The van der Waals surface area contributed by atoms with Crippen molar-refractivity contribution in [2.75, 3.05) is 20.1 Å². The van der Waals surface area contributed by atoms with Crippen molar-refractivity contribution in [3.05, 3.63) is 48.3 Å². The number of piperidine rings is 1. The van der Waals surface area contributed by atoms with E-state index in [1.54, 1.807) is 13.2 Å². The van der Waals surface area contributed by atoms with Gasteiger partial charge in [-0.2, -0.15) is 5.10 Å². The van der Waals surface area contributed by atoms with Crippen molar-refractivity contribution in [2.45, 2.75) is 25.8 Å². The van der Waals surface area contributed by atoms with Gasteiger partial charge in [-0.3, -0.25) is 9.79 Å². The lowest BCUT2D eigenvalue weighted by molar-refractivity contribution is -0.119. The highest BCUT2D eigenvalue weighted by Crippen LogP contribution is 2.20. The first-order valence-corrected chi connectivity index (χ1v) is 8.99. The van der Waals surface area contributed by atoms with Crippen molar-refractivity contribution in [1.82, 2.24) is 20.0 Å². The Balaban J connectivity index is 1.66. The van der Waals surface area contributed by atoms with Gasteiger partial charge >= 0.3 is 0 Å². The van der Waals surface area contributed by atoms with Crippen LogP contribution >= 0.6 is 0 Å². The smallest absolute Gasteiger partial charge is 0.217 e. The molecular formula is C19H26N6O. The van der Waals surface area contributed by atoms with E-state index in [9.17, 15) is 4.79 Å². The molecule has 0 aliphatic carbocycles. The number of hydrogen-bond acceptors (Lipinski definition) is 3. The zero-order valence-corrected chi connectivity index (χ0v) is 15.1. The van der Waals surface area contributed by atoms with Gasteiger partial charge in [-0.1, -0.05) is 18.2 Å². The molecule has 7 heteroatoms. The summed E-state index contributed by atoms with van der Waals surface area (Å²) in [5, 5.41) is 7.78. The summed E-state index contributed by atoms with van der Waals surface area (Å²) >= 11 is 0. The monoisotopic (exact) mass is 354 g/mol. The van der Waals surface area contributed by atoms with E-state index in [0.717, 1.165) is 43.1 Å². The van der Waals surface area contributed by atoms with Gasteiger partial charge in [-0.25, -0.2) is 4.68 Å². The number of guanidine groups is 1. The molecule has 0 bridgehead atoms. The first-order valence-electron chi connectivity index (χ1n) is 8.99. The molecule has 1 unspecified atom stereocenters. The maximum absolute atomic E-state index is 11.2. The molecule has 1 fully saturated rings. The maximum atomic E-state index is 11.2. The van der Waals surface area contributed by atoms with Gasteiger partial charge < -0.3 is 16.0 Å². The Hall–Kier alpha value is -2.83. The largest absolute Gasteiger partial charge is 0.370 e. The van der Waals surface area contributed by atoms with Crippen molar-refractivity contribution >= 4 is 11.9 Å². The van der Waals surface area contributed by atoms with Gasteiger partial charge in [0, 0.05) is 45.5 Å². The number of rotatable bonds is 5. The molecule has 1 aliphatic heterocycles. The molecule has 0 radical (unpaired) electrons. The van der Waals surface area contributed by atoms with Gasteiger partial charge in [0.2, 0.25) is 5.91 Å². The van der Waals surface area contributed by atoms with Crippen LogP contribution in [0.15, 0.2) is 47.7 Å². The molecule has 1 aliphatic rings. The molecule has 138 valence electrons. The number of carbonyl (C=O) groups excluding carboxylic acids is 1. The standard InChI is InChI=1S/C19H26N6O/c1-21-19(24-10-4-6-15(14-24)12-18(20)26)22-13-16-7-2-3-8-17(16)25-11-5-9-23-25/h2-3,5,7-9,11,15H,4,6,10,12-14H2,1H3,(H2,20,26)(H,21,22). The molecular weight excluding hydrogens is 328 g/mol. The molecule has 2 heterocycles. The molecule has 1 amide bonds. The Morgan fingerprint density at radius 2 is 2.23 bits per heavy atom. The zero-order chi connectivity index (χ0) is 18.4. The molecule has 0 spiro atoms. The second-order valence-electron chi connectivity index (χ2n) is 6.60. The molecule has 3 N–H and O–H groups in total. The average molecular weight is 354 g/mol. The number of para-hydroxylation sites is 1. The topological polar surface area (TPSA) is 88.5 Å². The van der Waals surface area contributed by atoms with Crippen LogP contribution in [0.25, 0.3) is 5.69 Å². The Morgan fingerprint density at radius 3 is 2.96 bits per heavy atom. The third-order valence-corrected chi connectivity index (χ3v) is 4.70. The molecule has 1 saturated heterocycles. The highest BCUT2D eigenvalue weighted by molar-refractivity contribution is 5.80. The number of likely N-dealkylation sites (tertiary alicyclic amines) is 1. The van der Waals surface area contributed by atoms with Crippen LogP contribution in [-0.2, 0) is 11.3 Å². The molecule has 1 atom stereocenters. The van der Waals surface area contributed by atoms with Crippen LogP contribution in [0.5, 0.6) is 0 Å². The van der Waals surface area contributed by atoms with Crippen LogP contribution in [0.2, 0.25) is 0 Å². The van der Waals surface area contributed by atoms with Crippen LogP contribution < -0.4 is 11.1 Å². The van der Waals surface area contributed by atoms with E-state index in [4.69, 9.17) is 5.73 Å². The maximum Gasteiger partial charge on any atom is 0.217 e. The van der Waals surface area contributed by atoms with Gasteiger partial charge in [0.1, 0.15) is 0 Å². The number of primary amides is 1. The van der Waals surface area contributed by atoms with Gasteiger partial charge in [-0.05, 0) is 36.5 Å². The second-order valence-corrected chi connectivity index (χ2v) is 6.60. The molecule has 1 aromatic heterocycles. The van der Waals surface area contributed by atoms with Crippen molar-refractivity contribution in [2.24, 2.45) is 16.6 Å². The molecule has 0 saturated carbocycles. The minimum absolute atomic E-state index is 0.229. The first-order chi connectivity index (χ1) is 12.7. The quantitative estimate of drug-likeness (QED) is 0.630.